The first-order chi connectivity index (χ1) is 7.69. The van der Waals surface area contributed by atoms with Gasteiger partial charge < -0.3 is 5.73 Å². The minimum atomic E-state index is -3.55. The third kappa shape index (κ3) is 3.48. The third-order valence-electron chi connectivity index (χ3n) is 2.26. The third-order valence-corrected chi connectivity index (χ3v) is 6.14. The van der Waals surface area contributed by atoms with Crippen molar-refractivity contribution in [2.45, 2.75) is 36.9 Å². The van der Waals surface area contributed by atoms with Gasteiger partial charge in [-0.2, -0.15) is 4.72 Å². The summed E-state index contributed by atoms with van der Waals surface area (Å²) < 4.78 is 26.9. The van der Waals surface area contributed by atoms with E-state index in [2.05, 4.69) is 4.72 Å². The summed E-state index contributed by atoms with van der Waals surface area (Å²) in [5.41, 5.74) is 4.57. The van der Waals surface area contributed by atoms with E-state index in [9.17, 15) is 8.42 Å². The number of aryl methyl sites for hydroxylation is 1. The second-order valence-electron chi connectivity index (χ2n) is 4.17. The molecule has 7 heteroatoms. The van der Waals surface area contributed by atoms with Gasteiger partial charge in [0.05, 0.1) is 10.5 Å². The van der Waals surface area contributed by atoms with Crippen LogP contribution in [0.25, 0.3) is 0 Å². The fourth-order valence-electron chi connectivity index (χ4n) is 1.13. The van der Waals surface area contributed by atoms with Crippen LogP contribution in [0.1, 0.15) is 25.6 Å². The van der Waals surface area contributed by atoms with Crippen LogP contribution < -0.4 is 10.5 Å². The zero-order chi connectivity index (χ0) is 13.3. The zero-order valence-corrected chi connectivity index (χ0v) is 12.4. The Bertz CT molecular complexity index is 517. The number of thiocarbonyl (C=S) groups is 1. The summed E-state index contributed by atoms with van der Waals surface area (Å²) >= 11 is 6.09. The van der Waals surface area contributed by atoms with E-state index in [1.807, 2.05) is 13.0 Å². The molecule has 0 saturated heterocycles. The van der Waals surface area contributed by atoms with E-state index in [-0.39, 0.29) is 4.99 Å². The summed E-state index contributed by atoms with van der Waals surface area (Å²) in [4.78, 5) is 1.15. The molecule has 1 aromatic rings. The Morgan fingerprint density at radius 3 is 2.53 bits per heavy atom. The van der Waals surface area contributed by atoms with Gasteiger partial charge >= 0.3 is 0 Å². The molecule has 0 aromatic carbocycles. The topological polar surface area (TPSA) is 72.2 Å². The monoisotopic (exact) mass is 292 g/mol. The summed E-state index contributed by atoms with van der Waals surface area (Å²) in [7, 11) is -3.55. The molecule has 0 bridgehead atoms. The maximum atomic E-state index is 12.1. The summed E-state index contributed by atoms with van der Waals surface area (Å²) in [6.45, 7) is 5.26. The van der Waals surface area contributed by atoms with E-state index in [1.54, 1.807) is 19.9 Å². The highest BCUT2D eigenvalue weighted by Gasteiger charge is 2.29. The molecule has 0 spiro atoms. The molecule has 1 rings (SSSR count). The van der Waals surface area contributed by atoms with E-state index in [4.69, 9.17) is 18.0 Å². The minimum absolute atomic E-state index is 0.119. The lowest BCUT2D eigenvalue weighted by molar-refractivity contribution is 0.548. The number of hydrogen-bond acceptors (Lipinski definition) is 4. The van der Waals surface area contributed by atoms with Gasteiger partial charge in [0, 0.05) is 4.88 Å². The highest BCUT2D eigenvalue weighted by molar-refractivity contribution is 7.91. The number of rotatable bonds is 5. The lowest BCUT2D eigenvalue weighted by Gasteiger charge is -2.23. The molecular formula is C10H16N2O2S3. The van der Waals surface area contributed by atoms with Crippen LogP contribution in [0, 0.1) is 0 Å². The van der Waals surface area contributed by atoms with Gasteiger partial charge in [0.15, 0.2) is 0 Å². The molecule has 3 N–H and O–H groups in total. The number of sulfonamides is 1. The van der Waals surface area contributed by atoms with E-state index < -0.39 is 15.6 Å². The lowest BCUT2D eigenvalue weighted by atomic mass is 10.1. The second kappa shape index (κ2) is 5.01. The molecule has 0 aliphatic heterocycles. The van der Waals surface area contributed by atoms with Crippen molar-refractivity contribution in [3.8, 4) is 0 Å². The van der Waals surface area contributed by atoms with Crippen molar-refractivity contribution in [2.24, 2.45) is 5.73 Å². The number of nitrogens with two attached hydrogens (primary N) is 1. The molecule has 96 valence electrons. The normalized spacial score (nSPS) is 12.6. The first kappa shape index (κ1) is 14.6. The van der Waals surface area contributed by atoms with Crippen LogP contribution in [0.3, 0.4) is 0 Å². The molecule has 4 nitrogen and oxygen atoms in total. The molecule has 0 unspecified atom stereocenters. The first-order valence-electron chi connectivity index (χ1n) is 5.11. The van der Waals surface area contributed by atoms with Crippen molar-refractivity contribution in [3.05, 3.63) is 17.0 Å². The average Bonchev–Trinajstić information content (AvgIpc) is 2.64. The quantitative estimate of drug-likeness (QED) is 0.810. The van der Waals surface area contributed by atoms with Gasteiger partial charge in [-0.3, -0.25) is 0 Å². The lowest BCUT2D eigenvalue weighted by Crippen LogP contribution is -2.51. The summed E-state index contributed by atoms with van der Waals surface area (Å²) in [6, 6.07) is 3.41. The summed E-state index contributed by atoms with van der Waals surface area (Å²) in [5, 5.41) is 0. The van der Waals surface area contributed by atoms with Gasteiger partial charge in [-0.15, -0.1) is 11.3 Å². The molecule has 17 heavy (non-hydrogen) atoms. The van der Waals surface area contributed by atoms with Crippen molar-refractivity contribution >= 4 is 38.6 Å². The molecule has 0 radical (unpaired) electrons. The minimum Gasteiger partial charge on any atom is -0.392 e. The SMILES string of the molecule is CCc1ccc(S(=O)(=O)NC(C)(C)C(N)=S)s1. The largest absolute Gasteiger partial charge is 0.392 e. The van der Waals surface area contributed by atoms with Crippen LogP contribution in [-0.2, 0) is 16.4 Å². The van der Waals surface area contributed by atoms with Crippen molar-refractivity contribution in [1.82, 2.24) is 4.72 Å². The number of thiophene rings is 1. The molecule has 0 aliphatic carbocycles. The highest BCUT2D eigenvalue weighted by Crippen LogP contribution is 2.23. The maximum Gasteiger partial charge on any atom is 0.250 e. The second-order valence-corrected chi connectivity index (χ2v) is 7.69. The van der Waals surface area contributed by atoms with E-state index in [1.165, 1.54) is 11.3 Å². The Balaban J connectivity index is 3.01. The molecule has 1 heterocycles. The molecular weight excluding hydrogens is 276 g/mol. The van der Waals surface area contributed by atoms with Gasteiger partial charge in [-0.05, 0) is 32.4 Å². The van der Waals surface area contributed by atoms with Crippen molar-refractivity contribution in [2.75, 3.05) is 0 Å². The van der Waals surface area contributed by atoms with Gasteiger partial charge in [0.1, 0.15) is 4.21 Å². The highest BCUT2D eigenvalue weighted by atomic mass is 32.2. The number of nitrogens with one attached hydrogen (secondary N) is 1. The molecule has 0 atom stereocenters. The number of hydrogen-bond donors (Lipinski definition) is 2. The maximum absolute atomic E-state index is 12.1. The fraction of sp³-hybridized carbons (Fsp3) is 0.500. The Morgan fingerprint density at radius 2 is 2.12 bits per heavy atom. The van der Waals surface area contributed by atoms with E-state index >= 15 is 0 Å². The Morgan fingerprint density at radius 1 is 1.53 bits per heavy atom. The van der Waals surface area contributed by atoms with Gasteiger partial charge in [0.2, 0.25) is 0 Å². The Kier molecular flexibility index (Phi) is 4.29. The van der Waals surface area contributed by atoms with Crippen LogP contribution in [0.4, 0.5) is 0 Å². The predicted octanol–water partition coefficient (Wildman–Crippen LogP) is 1.65. The summed E-state index contributed by atoms with van der Waals surface area (Å²) in [6.07, 6.45) is 0.818. The molecule has 0 saturated carbocycles. The average molecular weight is 292 g/mol. The smallest absolute Gasteiger partial charge is 0.250 e. The predicted molar refractivity (Wildman–Crippen MR) is 74.9 cm³/mol. The van der Waals surface area contributed by atoms with Crippen molar-refractivity contribution in [1.29, 1.82) is 0 Å². The zero-order valence-electron chi connectivity index (χ0n) is 9.98. The standard InChI is InChI=1S/C10H16N2O2S3/c1-4-7-5-6-8(16-7)17(13,14)12-10(2,3)9(11)15/h5-6,12H,4H2,1-3H3,(H2,11,15). The van der Waals surface area contributed by atoms with Gasteiger partial charge in [-0.1, -0.05) is 19.1 Å². The molecule has 0 fully saturated rings. The molecule has 1 aromatic heterocycles. The van der Waals surface area contributed by atoms with Gasteiger partial charge in [0.25, 0.3) is 10.0 Å². The van der Waals surface area contributed by atoms with Gasteiger partial charge in [-0.25, -0.2) is 8.42 Å². The van der Waals surface area contributed by atoms with Crippen LogP contribution in [0.2, 0.25) is 0 Å². The Labute approximate surface area is 111 Å². The summed E-state index contributed by atoms with van der Waals surface area (Å²) in [5.74, 6) is 0. The van der Waals surface area contributed by atoms with Crippen LogP contribution in [0.15, 0.2) is 16.3 Å². The van der Waals surface area contributed by atoms with E-state index in [0.29, 0.717) is 4.21 Å². The van der Waals surface area contributed by atoms with Crippen LogP contribution >= 0.6 is 23.6 Å². The van der Waals surface area contributed by atoms with Crippen LogP contribution in [0.5, 0.6) is 0 Å². The Hall–Kier alpha value is -0.500. The fourth-order valence-corrected chi connectivity index (χ4v) is 3.93. The van der Waals surface area contributed by atoms with E-state index in [0.717, 1.165) is 11.3 Å². The molecule has 0 aliphatic rings. The molecule has 0 amide bonds. The first-order valence-corrected chi connectivity index (χ1v) is 7.82. The van der Waals surface area contributed by atoms with Crippen molar-refractivity contribution < 1.29 is 8.42 Å². The van der Waals surface area contributed by atoms with Crippen LogP contribution in [-0.4, -0.2) is 18.9 Å². The van der Waals surface area contributed by atoms with Crippen molar-refractivity contribution in [3.63, 3.8) is 0 Å².